The number of amides is 2. The molecule has 8 nitrogen and oxygen atoms in total. The number of nitrogens with one attached hydrogen (secondary N) is 1. The number of esters is 2. The number of methoxy groups -OCH3 is 1. The third-order valence-corrected chi connectivity index (χ3v) is 5.89. The highest BCUT2D eigenvalue weighted by Crippen LogP contribution is 2.30. The Morgan fingerprint density at radius 2 is 1.44 bits per heavy atom. The number of hydrogen-bond acceptors (Lipinski definition) is 7. The number of hydrogen-bond donors (Lipinski definition) is 1. The lowest BCUT2D eigenvalue weighted by Crippen LogP contribution is -2.32. The van der Waals surface area contributed by atoms with Gasteiger partial charge < -0.3 is 14.8 Å². The Hall–Kier alpha value is -4.14. The van der Waals surface area contributed by atoms with Gasteiger partial charge in [-0.25, -0.2) is 14.5 Å². The largest absolute Gasteiger partial charge is 0.465 e. The Morgan fingerprint density at radius 1 is 0.833 bits per heavy atom. The van der Waals surface area contributed by atoms with Crippen LogP contribution in [0.1, 0.15) is 26.3 Å². The van der Waals surface area contributed by atoms with E-state index in [9.17, 15) is 19.2 Å². The van der Waals surface area contributed by atoms with Gasteiger partial charge >= 0.3 is 11.9 Å². The first-order valence-corrected chi connectivity index (χ1v) is 11.3. The highest BCUT2D eigenvalue weighted by atomic mass is 35.5. The molecule has 10 heteroatoms. The van der Waals surface area contributed by atoms with E-state index in [0.29, 0.717) is 22.0 Å². The number of anilines is 2. The van der Waals surface area contributed by atoms with Crippen LogP contribution in [-0.4, -0.2) is 30.9 Å². The van der Waals surface area contributed by atoms with Gasteiger partial charge in [-0.15, -0.1) is 0 Å². The number of benzene rings is 3. The van der Waals surface area contributed by atoms with Crippen LogP contribution in [0.2, 0.25) is 5.02 Å². The molecule has 1 aliphatic rings. The molecule has 36 heavy (non-hydrogen) atoms. The molecule has 0 aromatic heterocycles. The lowest BCUT2D eigenvalue weighted by molar-refractivity contribution is -0.120. The van der Waals surface area contributed by atoms with Crippen molar-refractivity contribution in [3.8, 4) is 5.75 Å². The SMILES string of the molecule is COC(=O)c1ccc(N2C(=O)C(Cl)=C(Nc3ccc(C(=O)Oc4ccc(Cl)cc4C)cc3)C2=O)cc1. The van der Waals surface area contributed by atoms with Crippen molar-refractivity contribution in [2.24, 2.45) is 0 Å². The molecule has 1 aliphatic heterocycles. The molecule has 0 radical (unpaired) electrons. The predicted octanol–water partition coefficient (Wildman–Crippen LogP) is 5.09. The average Bonchev–Trinajstić information content (AvgIpc) is 3.08. The number of ether oxygens (including phenoxy) is 2. The average molecular weight is 525 g/mol. The maximum absolute atomic E-state index is 13.0. The molecule has 4 rings (SSSR count). The molecule has 1 N–H and O–H groups in total. The molecule has 182 valence electrons. The third kappa shape index (κ3) is 4.95. The Bertz CT molecular complexity index is 1420. The van der Waals surface area contributed by atoms with E-state index in [1.165, 1.54) is 43.5 Å². The number of imide groups is 1. The van der Waals surface area contributed by atoms with E-state index in [2.05, 4.69) is 10.1 Å². The molecule has 3 aromatic rings. The van der Waals surface area contributed by atoms with Crippen LogP contribution in [0.25, 0.3) is 0 Å². The Labute approximate surface area is 216 Å². The molecular formula is C26H18Cl2N2O6. The number of rotatable bonds is 6. The standard InChI is InChI=1S/C26H18Cl2N2O6/c1-14-13-17(27)7-12-20(14)36-26(34)16-3-8-18(9-4-16)29-22-21(28)23(31)30(24(22)32)19-10-5-15(6-11-19)25(33)35-2/h3-13,29H,1-2H3. The number of carbonyl (C=O) groups excluding carboxylic acids is 4. The van der Waals surface area contributed by atoms with Gasteiger partial charge in [-0.2, -0.15) is 0 Å². The molecule has 0 unspecified atom stereocenters. The summed E-state index contributed by atoms with van der Waals surface area (Å²) < 4.78 is 10.1. The number of nitrogens with zero attached hydrogens (tertiary/aromatic N) is 1. The summed E-state index contributed by atoms with van der Waals surface area (Å²) in [5.74, 6) is -2.11. The maximum atomic E-state index is 13.0. The van der Waals surface area contributed by atoms with Crippen LogP contribution in [0.3, 0.4) is 0 Å². The Morgan fingerprint density at radius 3 is 2.06 bits per heavy atom. The highest BCUT2D eigenvalue weighted by Gasteiger charge is 2.39. The summed E-state index contributed by atoms with van der Waals surface area (Å²) in [6.45, 7) is 1.77. The summed E-state index contributed by atoms with van der Waals surface area (Å²) in [4.78, 5) is 50.7. The molecular weight excluding hydrogens is 507 g/mol. The topological polar surface area (TPSA) is 102 Å². The predicted molar refractivity (Wildman–Crippen MR) is 134 cm³/mol. The minimum absolute atomic E-state index is 0.120. The van der Waals surface area contributed by atoms with E-state index >= 15 is 0 Å². The van der Waals surface area contributed by atoms with Gasteiger partial charge in [-0.05, 0) is 79.2 Å². The summed E-state index contributed by atoms with van der Waals surface area (Å²) in [5.41, 5.74) is 1.80. The molecule has 0 saturated heterocycles. The summed E-state index contributed by atoms with van der Waals surface area (Å²) in [7, 11) is 1.25. The van der Waals surface area contributed by atoms with Gasteiger partial charge in [-0.1, -0.05) is 23.2 Å². The lowest BCUT2D eigenvalue weighted by atomic mass is 10.2. The van der Waals surface area contributed by atoms with Crippen LogP contribution in [0, 0.1) is 6.92 Å². The second kappa shape index (κ2) is 10.2. The molecule has 0 atom stereocenters. The van der Waals surface area contributed by atoms with Crippen molar-refractivity contribution in [3.05, 3.63) is 99.2 Å². The molecule has 2 amide bonds. The highest BCUT2D eigenvalue weighted by molar-refractivity contribution is 6.53. The van der Waals surface area contributed by atoms with Crippen LogP contribution in [0.4, 0.5) is 11.4 Å². The van der Waals surface area contributed by atoms with Gasteiger partial charge in [0, 0.05) is 10.7 Å². The van der Waals surface area contributed by atoms with E-state index in [-0.39, 0.29) is 27.5 Å². The van der Waals surface area contributed by atoms with Crippen molar-refractivity contribution in [2.75, 3.05) is 17.3 Å². The van der Waals surface area contributed by atoms with E-state index in [1.54, 1.807) is 37.3 Å². The monoisotopic (exact) mass is 524 g/mol. The van der Waals surface area contributed by atoms with Crippen molar-refractivity contribution < 1.29 is 28.7 Å². The zero-order chi connectivity index (χ0) is 26.0. The second-order valence-electron chi connectivity index (χ2n) is 7.67. The van der Waals surface area contributed by atoms with Crippen LogP contribution in [0.5, 0.6) is 5.75 Å². The molecule has 1 heterocycles. The summed E-state index contributed by atoms with van der Waals surface area (Å²) >= 11 is 12.1. The number of halogens is 2. The van der Waals surface area contributed by atoms with Crippen molar-refractivity contribution in [1.82, 2.24) is 0 Å². The van der Waals surface area contributed by atoms with Gasteiger partial charge in [0.25, 0.3) is 11.8 Å². The summed E-state index contributed by atoms with van der Waals surface area (Å²) in [6.07, 6.45) is 0. The number of aryl methyl sites for hydroxylation is 1. The first kappa shape index (κ1) is 25.0. The Kier molecular flexibility index (Phi) is 7.10. The van der Waals surface area contributed by atoms with Gasteiger partial charge in [0.1, 0.15) is 16.5 Å². The Balaban J connectivity index is 1.47. The first-order chi connectivity index (χ1) is 17.2. The minimum atomic E-state index is -0.714. The molecule has 0 aliphatic carbocycles. The normalized spacial score (nSPS) is 13.2. The van der Waals surface area contributed by atoms with E-state index in [0.717, 1.165) is 4.90 Å². The molecule has 0 bridgehead atoms. The van der Waals surface area contributed by atoms with Gasteiger partial charge in [0.05, 0.1) is 23.9 Å². The fourth-order valence-corrected chi connectivity index (χ4v) is 3.87. The van der Waals surface area contributed by atoms with E-state index in [1.807, 2.05) is 0 Å². The van der Waals surface area contributed by atoms with Gasteiger partial charge in [0.2, 0.25) is 0 Å². The summed E-state index contributed by atoms with van der Waals surface area (Å²) in [6, 6.07) is 16.8. The van der Waals surface area contributed by atoms with Crippen LogP contribution in [0.15, 0.2) is 77.5 Å². The zero-order valence-electron chi connectivity index (χ0n) is 19.0. The summed E-state index contributed by atoms with van der Waals surface area (Å²) in [5, 5.41) is 3.08. The fraction of sp³-hybridized carbons (Fsp3) is 0.0769. The molecule has 0 fully saturated rings. The van der Waals surface area contributed by atoms with Gasteiger partial charge in [0.15, 0.2) is 0 Å². The molecule has 0 spiro atoms. The quantitative estimate of drug-likeness (QED) is 0.272. The molecule has 3 aromatic carbocycles. The van der Waals surface area contributed by atoms with E-state index < -0.39 is 23.8 Å². The van der Waals surface area contributed by atoms with Crippen LogP contribution >= 0.6 is 23.2 Å². The van der Waals surface area contributed by atoms with Crippen molar-refractivity contribution >= 4 is 58.3 Å². The van der Waals surface area contributed by atoms with Crippen molar-refractivity contribution in [3.63, 3.8) is 0 Å². The van der Waals surface area contributed by atoms with Crippen molar-refractivity contribution in [1.29, 1.82) is 0 Å². The zero-order valence-corrected chi connectivity index (χ0v) is 20.5. The second-order valence-corrected chi connectivity index (χ2v) is 8.49. The lowest BCUT2D eigenvalue weighted by Gasteiger charge is -2.15. The van der Waals surface area contributed by atoms with Gasteiger partial charge in [-0.3, -0.25) is 9.59 Å². The minimum Gasteiger partial charge on any atom is -0.465 e. The van der Waals surface area contributed by atoms with Crippen molar-refractivity contribution in [2.45, 2.75) is 6.92 Å². The molecule has 0 saturated carbocycles. The number of carbonyl (C=O) groups is 4. The van der Waals surface area contributed by atoms with Crippen LogP contribution in [-0.2, 0) is 14.3 Å². The maximum Gasteiger partial charge on any atom is 0.343 e. The fourth-order valence-electron chi connectivity index (χ4n) is 3.43. The van der Waals surface area contributed by atoms with Crippen LogP contribution < -0.4 is 15.0 Å². The van der Waals surface area contributed by atoms with E-state index in [4.69, 9.17) is 27.9 Å². The third-order valence-electron chi connectivity index (χ3n) is 5.30. The smallest absolute Gasteiger partial charge is 0.343 e. The first-order valence-electron chi connectivity index (χ1n) is 10.5.